The van der Waals surface area contributed by atoms with E-state index >= 15 is 0 Å². The highest BCUT2D eigenvalue weighted by atomic mass is 19.1. The Hall–Kier alpha value is -3.79. The van der Waals surface area contributed by atoms with Gasteiger partial charge in [-0.3, -0.25) is 14.4 Å². The van der Waals surface area contributed by atoms with E-state index in [-0.39, 0.29) is 47.3 Å². The number of aromatic nitrogens is 1. The van der Waals surface area contributed by atoms with Gasteiger partial charge in [0.05, 0.1) is 17.1 Å². The van der Waals surface area contributed by atoms with E-state index in [9.17, 15) is 23.2 Å². The number of amides is 3. The summed E-state index contributed by atoms with van der Waals surface area (Å²) in [5.74, 6) is -2.61. The Labute approximate surface area is 198 Å². The Kier molecular flexibility index (Phi) is 4.72. The normalized spacial score (nSPS) is 24.0. The number of carbonyl (C=O) groups is 3. The lowest BCUT2D eigenvalue weighted by atomic mass is 9.80. The van der Waals surface area contributed by atoms with E-state index in [4.69, 9.17) is 5.73 Å². The Morgan fingerprint density at radius 3 is 2.63 bits per heavy atom. The standard InChI is InChI=1S/C25H23F2N5O3/c26-15-7-8-16(27)21-13(15)9-18(29-21)22(33)31-20(12-5-6-12)23(34)32-11-25(10-19(32)28)14-3-1-2-4-17(14)30-24(25)35/h1-4,7-9,12,19-20,29H,5-6,10-11,28H2,(H,30,35)(H,31,33)/t19-,20-,25-/m0/s1. The molecule has 35 heavy (non-hydrogen) atoms. The SMILES string of the molecule is N[C@@H]1C[C@@]2(CN1C(=O)[C@@H](NC(=O)c1cc3c(F)ccc(F)c3[nH]1)C1CC1)C(=O)Nc1ccccc12. The van der Waals surface area contributed by atoms with E-state index in [0.717, 1.165) is 30.5 Å². The second-order valence-corrected chi connectivity index (χ2v) is 9.61. The molecule has 1 saturated carbocycles. The fourth-order valence-electron chi connectivity index (χ4n) is 5.40. The van der Waals surface area contributed by atoms with Crippen molar-refractivity contribution >= 4 is 34.3 Å². The van der Waals surface area contributed by atoms with Crippen molar-refractivity contribution in [1.29, 1.82) is 0 Å². The minimum absolute atomic E-state index is 0.0427. The van der Waals surface area contributed by atoms with Gasteiger partial charge in [0.1, 0.15) is 23.4 Å². The van der Waals surface area contributed by atoms with Crippen molar-refractivity contribution in [2.45, 2.75) is 36.9 Å². The van der Waals surface area contributed by atoms with Crippen LogP contribution in [0.1, 0.15) is 35.3 Å². The van der Waals surface area contributed by atoms with Crippen molar-refractivity contribution in [1.82, 2.24) is 15.2 Å². The zero-order valence-electron chi connectivity index (χ0n) is 18.6. The zero-order valence-corrected chi connectivity index (χ0v) is 18.6. The van der Waals surface area contributed by atoms with Crippen molar-refractivity contribution < 1.29 is 23.2 Å². The van der Waals surface area contributed by atoms with E-state index in [2.05, 4.69) is 15.6 Å². The van der Waals surface area contributed by atoms with Gasteiger partial charge in [-0.05, 0) is 48.6 Å². The lowest BCUT2D eigenvalue weighted by Gasteiger charge is -2.28. The monoisotopic (exact) mass is 479 g/mol. The van der Waals surface area contributed by atoms with Gasteiger partial charge in [0.25, 0.3) is 5.91 Å². The number of likely N-dealkylation sites (tertiary alicyclic amines) is 1. The largest absolute Gasteiger partial charge is 0.348 e. The van der Waals surface area contributed by atoms with Gasteiger partial charge in [0.2, 0.25) is 11.8 Å². The number of nitrogens with one attached hydrogen (secondary N) is 3. The summed E-state index contributed by atoms with van der Waals surface area (Å²) in [6.07, 6.45) is 1.08. The summed E-state index contributed by atoms with van der Waals surface area (Å²) < 4.78 is 28.1. The minimum atomic E-state index is -0.935. The Morgan fingerprint density at radius 2 is 1.89 bits per heavy atom. The van der Waals surface area contributed by atoms with E-state index in [1.165, 1.54) is 11.0 Å². The molecular weight excluding hydrogens is 456 g/mol. The Bertz CT molecular complexity index is 1360. The topological polar surface area (TPSA) is 120 Å². The number of aromatic amines is 1. The fraction of sp³-hybridized carbons (Fsp3) is 0.320. The first kappa shape index (κ1) is 21.7. The van der Waals surface area contributed by atoms with Gasteiger partial charge >= 0.3 is 0 Å². The quantitative estimate of drug-likeness (QED) is 0.459. The first-order valence-electron chi connectivity index (χ1n) is 11.5. The van der Waals surface area contributed by atoms with Gasteiger partial charge in [-0.25, -0.2) is 8.78 Å². The van der Waals surface area contributed by atoms with Gasteiger partial charge in [0, 0.05) is 24.0 Å². The molecule has 3 amide bonds. The van der Waals surface area contributed by atoms with Crippen molar-refractivity contribution in [2.75, 3.05) is 11.9 Å². The molecule has 1 saturated heterocycles. The van der Waals surface area contributed by atoms with E-state index in [0.29, 0.717) is 5.69 Å². The predicted molar refractivity (Wildman–Crippen MR) is 123 cm³/mol. The third-order valence-electron chi connectivity index (χ3n) is 7.39. The molecule has 0 radical (unpaired) electrons. The smallest absolute Gasteiger partial charge is 0.268 e. The number of carbonyl (C=O) groups excluding carboxylic acids is 3. The Balaban J connectivity index is 1.26. The average Bonchev–Trinajstić information content (AvgIpc) is 3.37. The molecule has 1 spiro atoms. The molecule has 1 aliphatic carbocycles. The van der Waals surface area contributed by atoms with Crippen molar-refractivity contribution in [2.24, 2.45) is 11.7 Å². The number of fused-ring (bicyclic) bond motifs is 3. The summed E-state index contributed by atoms with van der Waals surface area (Å²) in [7, 11) is 0. The molecule has 3 heterocycles. The van der Waals surface area contributed by atoms with Crippen LogP contribution in [0.3, 0.4) is 0 Å². The Morgan fingerprint density at radius 1 is 1.14 bits per heavy atom. The highest BCUT2D eigenvalue weighted by Gasteiger charge is 2.56. The van der Waals surface area contributed by atoms with Gasteiger partial charge < -0.3 is 26.3 Å². The molecule has 0 bridgehead atoms. The number of benzene rings is 2. The van der Waals surface area contributed by atoms with Crippen molar-refractivity contribution in [3.05, 3.63) is 65.4 Å². The number of halogens is 2. The zero-order chi connectivity index (χ0) is 24.5. The van der Waals surface area contributed by atoms with E-state index in [1.54, 1.807) is 0 Å². The van der Waals surface area contributed by atoms with Crippen molar-refractivity contribution in [3.8, 4) is 0 Å². The number of nitrogens with zero attached hydrogens (tertiary/aromatic N) is 1. The molecule has 10 heteroatoms. The number of anilines is 1. The first-order valence-corrected chi connectivity index (χ1v) is 11.5. The highest BCUT2D eigenvalue weighted by molar-refractivity contribution is 6.07. The molecule has 0 unspecified atom stereocenters. The molecule has 180 valence electrons. The van der Waals surface area contributed by atoms with Crippen LogP contribution in [0.15, 0.2) is 42.5 Å². The molecule has 3 atom stereocenters. The molecule has 2 aromatic carbocycles. The number of rotatable bonds is 4. The predicted octanol–water partition coefficient (Wildman–Crippen LogP) is 2.36. The second-order valence-electron chi connectivity index (χ2n) is 9.61. The lowest BCUT2D eigenvalue weighted by Crippen LogP contribution is -2.53. The van der Waals surface area contributed by atoms with Crippen LogP contribution < -0.4 is 16.4 Å². The van der Waals surface area contributed by atoms with Crippen LogP contribution in [0.2, 0.25) is 0 Å². The number of hydrogen-bond donors (Lipinski definition) is 4. The molecule has 3 aromatic rings. The lowest BCUT2D eigenvalue weighted by molar-refractivity contribution is -0.134. The van der Waals surface area contributed by atoms with Crippen LogP contribution in [0.4, 0.5) is 14.5 Å². The first-order chi connectivity index (χ1) is 16.8. The summed E-state index contributed by atoms with van der Waals surface area (Å²) in [6.45, 7) is 0.109. The number of H-pyrrole nitrogens is 1. The summed E-state index contributed by atoms with van der Waals surface area (Å²) in [5, 5.41) is 5.58. The third-order valence-corrected chi connectivity index (χ3v) is 7.39. The van der Waals surface area contributed by atoms with Crippen LogP contribution in [-0.2, 0) is 15.0 Å². The highest BCUT2D eigenvalue weighted by Crippen LogP contribution is 2.46. The maximum absolute atomic E-state index is 14.1. The van der Waals surface area contributed by atoms with Gasteiger partial charge in [0.15, 0.2) is 0 Å². The van der Waals surface area contributed by atoms with Crippen LogP contribution in [0.25, 0.3) is 10.9 Å². The average molecular weight is 479 g/mol. The molecule has 3 aliphatic rings. The van der Waals surface area contributed by atoms with Crippen molar-refractivity contribution in [3.63, 3.8) is 0 Å². The van der Waals surface area contributed by atoms with Gasteiger partial charge in [-0.2, -0.15) is 0 Å². The molecule has 8 nitrogen and oxygen atoms in total. The molecule has 6 rings (SSSR count). The summed E-state index contributed by atoms with van der Waals surface area (Å²) in [5.41, 5.74) is 6.79. The minimum Gasteiger partial charge on any atom is -0.348 e. The number of hydrogen-bond acceptors (Lipinski definition) is 4. The summed E-state index contributed by atoms with van der Waals surface area (Å²) >= 11 is 0. The van der Waals surface area contributed by atoms with Gasteiger partial charge in [-0.1, -0.05) is 18.2 Å². The number of nitrogens with two attached hydrogens (primary N) is 1. The second kappa shape index (κ2) is 7.61. The molecule has 2 fully saturated rings. The van der Waals surface area contributed by atoms with Crippen LogP contribution >= 0.6 is 0 Å². The number of para-hydroxylation sites is 1. The van der Waals surface area contributed by atoms with Gasteiger partial charge in [-0.15, -0.1) is 0 Å². The molecule has 1 aromatic heterocycles. The van der Waals surface area contributed by atoms with E-state index in [1.807, 2.05) is 24.3 Å². The van der Waals surface area contributed by atoms with Crippen LogP contribution in [-0.4, -0.2) is 46.4 Å². The maximum atomic E-state index is 14.1. The molecule has 5 N–H and O–H groups in total. The molecule has 2 aliphatic heterocycles. The van der Waals surface area contributed by atoms with E-state index < -0.39 is 35.2 Å². The maximum Gasteiger partial charge on any atom is 0.268 e. The summed E-state index contributed by atoms with van der Waals surface area (Å²) in [6, 6.07) is 9.70. The fourth-order valence-corrected chi connectivity index (χ4v) is 5.40. The van der Waals surface area contributed by atoms with Crippen LogP contribution in [0, 0.1) is 17.6 Å². The molecular formula is C25H23F2N5O3. The van der Waals surface area contributed by atoms with Crippen LogP contribution in [0.5, 0.6) is 0 Å². The third kappa shape index (κ3) is 3.31. The summed E-state index contributed by atoms with van der Waals surface area (Å²) in [4.78, 5) is 43.6.